The van der Waals surface area contributed by atoms with Crippen molar-refractivity contribution in [1.29, 1.82) is 0 Å². The SMILES string of the molecule is CC(C)N=Nc1nc(-c2ccc(OCc3ccc(Cl)cc3)cc2)cs1. The van der Waals surface area contributed by atoms with E-state index in [9.17, 15) is 0 Å². The van der Waals surface area contributed by atoms with Gasteiger partial charge in [-0.3, -0.25) is 0 Å². The minimum absolute atomic E-state index is 0.171. The fraction of sp³-hybridized carbons (Fsp3) is 0.211. The molecule has 0 fully saturated rings. The molecule has 4 nitrogen and oxygen atoms in total. The van der Waals surface area contributed by atoms with Crippen molar-refractivity contribution in [2.24, 2.45) is 10.2 Å². The van der Waals surface area contributed by atoms with Crippen LogP contribution in [0.25, 0.3) is 11.3 Å². The van der Waals surface area contributed by atoms with Gasteiger partial charge in [0.1, 0.15) is 12.4 Å². The molecule has 0 aliphatic carbocycles. The number of nitrogens with zero attached hydrogens (tertiary/aromatic N) is 3. The highest BCUT2D eigenvalue weighted by atomic mass is 35.5. The summed E-state index contributed by atoms with van der Waals surface area (Å²) in [6, 6.07) is 15.7. The Morgan fingerprint density at radius 3 is 2.48 bits per heavy atom. The molecule has 3 aromatic rings. The predicted octanol–water partition coefficient (Wildman–Crippen LogP) is 6.53. The van der Waals surface area contributed by atoms with Crippen LogP contribution in [0.2, 0.25) is 5.02 Å². The van der Waals surface area contributed by atoms with Crippen molar-refractivity contribution in [3.8, 4) is 17.0 Å². The van der Waals surface area contributed by atoms with E-state index in [0.717, 1.165) is 27.6 Å². The fourth-order valence-electron chi connectivity index (χ4n) is 2.08. The Morgan fingerprint density at radius 2 is 1.80 bits per heavy atom. The summed E-state index contributed by atoms with van der Waals surface area (Å²) in [6.45, 7) is 4.48. The van der Waals surface area contributed by atoms with Gasteiger partial charge in [-0.1, -0.05) is 23.7 Å². The van der Waals surface area contributed by atoms with Crippen LogP contribution >= 0.6 is 22.9 Å². The molecule has 6 heteroatoms. The number of rotatable bonds is 6. The zero-order chi connectivity index (χ0) is 17.6. The maximum atomic E-state index is 5.88. The second kappa shape index (κ2) is 8.23. The van der Waals surface area contributed by atoms with Crippen LogP contribution in [0.3, 0.4) is 0 Å². The third kappa shape index (κ3) is 5.11. The van der Waals surface area contributed by atoms with E-state index in [1.807, 2.05) is 67.8 Å². The summed E-state index contributed by atoms with van der Waals surface area (Å²) in [5, 5.41) is 11.6. The molecule has 0 atom stereocenters. The summed E-state index contributed by atoms with van der Waals surface area (Å²) in [6.07, 6.45) is 0. The van der Waals surface area contributed by atoms with Crippen molar-refractivity contribution in [2.45, 2.75) is 26.5 Å². The molecule has 128 valence electrons. The molecule has 0 radical (unpaired) electrons. The first-order valence-corrected chi connectivity index (χ1v) is 9.20. The highest BCUT2D eigenvalue weighted by Gasteiger charge is 2.05. The van der Waals surface area contributed by atoms with E-state index in [1.54, 1.807) is 0 Å². The molecule has 25 heavy (non-hydrogen) atoms. The van der Waals surface area contributed by atoms with Crippen molar-refractivity contribution in [3.05, 3.63) is 64.5 Å². The van der Waals surface area contributed by atoms with Gasteiger partial charge in [0.15, 0.2) is 0 Å². The highest BCUT2D eigenvalue weighted by molar-refractivity contribution is 7.13. The Balaban J connectivity index is 1.63. The lowest BCUT2D eigenvalue weighted by atomic mass is 10.2. The van der Waals surface area contributed by atoms with Crippen molar-refractivity contribution in [3.63, 3.8) is 0 Å². The molecule has 0 saturated carbocycles. The Kier molecular flexibility index (Phi) is 5.79. The molecule has 0 N–H and O–H groups in total. The number of hydrogen-bond acceptors (Lipinski definition) is 5. The minimum atomic E-state index is 0.171. The fourth-order valence-corrected chi connectivity index (χ4v) is 2.85. The first-order chi connectivity index (χ1) is 12.1. The van der Waals surface area contributed by atoms with Crippen LogP contribution in [0.1, 0.15) is 19.4 Å². The van der Waals surface area contributed by atoms with Crippen LogP contribution in [0.5, 0.6) is 5.75 Å². The van der Waals surface area contributed by atoms with Gasteiger partial charge < -0.3 is 4.74 Å². The summed E-state index contributed by atoms with van der Waals surface area (Å²) in [4.78, 5) is 4.49. The van der Waals surface area contributed by atoms with E-state index in [2.05, 4.69) is 15.2 Å². The topological polar surface area (TPSA) is 46.8 Å². The molecule has 0 unspecified atom stereocenters. The van der Waals surface area contributed by atoms with Gasteiger partial charge in [0.05, 0.1) is 11.7 Å². The Hall–Kier alpha value is -2.24. The van der Waals surface area contributed by atoms with Crippen LogP contribution < -0.4 is 4.74 Å². The van der Waals surface area contributed by atoms with E-state index in [4.69, 9.17) is 16.3 Å². The Bertz CT molecular complexity index is 842. The maximum absolute atomic E-state index is 5.88. The Morgan fingerprint density at radius 1 is 1.08 bits per heavy atom. The van der Waals surface area contributed by atoms with Gasteiger partial charge in [-0.05, 0) is 55.8 Å². The predicted molar refractivity (Wildman–Crippen MR) is 103 cm³/mol. The smallest absolute Gasteiger partial charge is 0.230 e. The zero-order valence-corrected chi connectivity index (χ0v) is 15.6. The van der Waals surface area contributed by atoms with E-state index < -0.39 is 0 Å². The van der Waals surface area contributed by atoms with Gasteiger partial charge in [-0.25, -0.2) is 4.98 Å². The summed E-state index contributed by atoms with van der Waals surface area (Å²) >= 11 is 7.37. The molecule has 0 amide bonds. The molecule has 3 rings (SSSR count). The lowest BCUT2D eigenvalue weighted by Gasteiger charge is -2.07. The summed E-state index contributed by atoms with van der Waals surface area (Å²) in [5.74, 6) is 0.814. The van der Waals surface area contributed by atoms with Crippen molar-refractivity contribution < 1.29 is 4.74 Å². The van der Waals surface area contributed by atoms with Gasteiger partial charge in [0.25, 0.3) is 0 Å². The molecule has 1 aromatic heterocycles. The number of aromatic nitrogens is 1. The monoisotopic (exact) mass is 371 g/mol. The lowest BCUT2D eigenvalue weighted by Crippen LogP contribution is -1.94. The minimum Gasteiger partial charge on any atom is -0.489 e. The summed E-state index contributed by atoms with van der Waals surface area (Å²) < 4.78 is 5.80. The second-order valence-electron chi connectivity index (χ2n) is 5.76. The molecule has 1 heterocycles. The van der Waals surface area contributed by atoms with Gasteiger partial charge in [0, 0.05) is 16.0 Å². The first kappa shape index (κ1) is 17.6. The average molecular weight is 372 g/mol. The van der Waals surface area contributed by atoms with E-state index in [-0.39, 0.29) is 6.04 Å². The van der Waals surface area contributed by atoms with E-state index in [0.29, 0.717) is 11.7 Å². The second-order valence-corrected chi connectivity index (χ2v) is 7.04. The van der Waals surface area contributed by atoms with Crippen molar-refractivity contribution >= 4 is 28.1 Å². The molecule has 0 aliphatic heterocycles. The van der Waals surface area contributed by atoms with Gasteiger partial charge in [-0.2, -0.15) is 5.11 Å². The quantitative estimate of drug-likeness (QED) is 0.462. The highest BCUT2D eigenvalue weighted by Crippen LogP contribution is 2.28. The largest absolute Gasteiger partial charge is 0.489 e. The first-order valence-electron chi connectivity index (χ1n) is 7.94. The molecule has 2 aromatic carbocycles. The number of hydrogen-bond donors (Lipinski definition) is 0. The van der Waals surface area contributed by atoms with Crippen molar-refractivity contribution in [2.75, 3.05) is 0 Å². The van der Waals surface area contributed by atoms with Gasteiger partial charge >= 0.3 is 0 Å². The molecule has 0 bridgehead atoms. The number of benzene rings is 2. The maximum Gasteiger partial charge on any atom is 0.230 e. The number of ether oxygens (including phenoxy) is 1. The lowest BCUT2D eigenvalue weighted by molar-refractivity contribution is 0.306. The van der Waals surface area contributed by atoms with Crippen LogP contribution in [0, 0.1) is 0 Å². The normalized spacial score (nSPS) is 11.4. The van der Waals surface area contributed by atoms with E-state index in [1.165, 1.54) is 11.3 Å². The van der Waals surface area contributed by atoms with Crippen LogP contribution in [-0.2, 0) is 6.61 Å². The van der Waals surface area contributed by atoms with Crippen LogP contribution in [0.4, 0.5) is 5.13 Å². The van der Waals surface area contributed by atoms with Crippen LogP contribution in [-0.4, -0.2) is 11.0 Å². The van der Waals surface area contributed by atoms with Gasteiger partial charge in [-0.15, -0.1) is 16.5 Å². The summed E-state index contributed by atoms with van der Waals surface area (Å²) in [5.41, 5.74) is 3.00. The Labute approximate surface area is 156 Å². The molecule has 0 saturated heterocycles. The number of azo groups is 1. The number of thiazole rings is 1. The van der Waals surface area contributed by atoms with Gasteiger partial charge in [0.2, 0.25) is 5.13 Å². The molecule has 0 aliphatic rings. The third-order valence-corrected chi connectivity index (χ3v) is 4.31. The van der Waals surface area contributed by atoms with Crippen LogP contribution in [0.15, 0.2) is 64.1 Å². The molecular weight excluding hydrogens is 354 g/mol. The summed E-state index contributed by atoms with van der Waals surface area (Å²) in [7, 11) is 0. The number of halogens is 1. The standard InChI is InChI=1S/C19H18ClN3OS/c1-13(2)22-23-19-21-18(12-25-19)15-5-9-17(10-6-15)24-11-14-3-7-16(20)8-4-14/h3-10,12-13H,11H2,1-2H3. The third-order valence-electron chi connectivity index (χ3n) is 3.34. The molecular formula is C19H18ClN3OS. The zero-order valence-electron chi connectivity index (χ0n) is 14.0. The van der Waals surface area contributed by atoms with E-state index >= 15 is 0 Å². The average Bonchev–Trinajstić information content (AvgIpc) is 3.09. The van der Waals surface area contributed by atoms with Crippen molar-refractivity contribution in [1.82, 2.24) is 4.98 Å². The molecule has 0 spiro atoms.